The van der Waals surface area contributed by atoms with Crippen LogP contribution in [0.2, 0.25) is 0 Å². The van der Waals surface area contributed by atoms with Crippen LogP contribution in [0.5, 0.6) is 5.75 Å². The smallest absolute Gasteiger partial charge is 0.407 e. The second-order valence-corrected chi connectivity index (χ2v) is 10.9. The molecule has 0 saturated carbocycles. The Morgan fingerprint density at radius 1 is 1.03 bits per heavy atom. The first kappa shape index (κ1) is 27.2. The molecule has 0 saturated heterocycles. The van der Waals surface area contributed by atoms with Crippen LogP contribution in [-0.2, 0) is 32.6 Å². The van der Waals surface area contributed by atoms with Gasteiger partial charge in [-0.25, -0.2) is 4.79 Å². The van der Waals surface area contributed by atoms with Gasteiger partial charge in [-0.2, -0.15) is 0 Å². The van der Waals surface area contributed by atoms with Gasteiger partial charge in [-0.15, -0.1) is 0 Å². The summed E-state index contributed by atoms with van der Waals surface area (Å²) in [6.45, 7) is 14.2. The van der Waals surface area contributed by atoms with E-state index in [1.165, 1.54) is 0 Å². The van der Waals surface area contributed by atoms with Gasteiger partial charge in [0, 0.05) is 23.7 Å². The van der Waals surface area contributed by atoms with Gasteiger partial charge < -0.3 is 19.5 Å². The van der Waals surface area contributed by atoms with Crippen molar-refractivity contribution in [3.63, 3.8) is 0 Å². The van der Waals surface area contributed by atoms with Crippen molar-refractivity contribution in [3.05, 3.63) is 59.4 Å². The minimum absolute atomic E-state index is 0.112. The first-order chi connectivity index (χ1) is 16.8. The van der Waals surface area contributed by atoms with Crippen LogP contribution in [0.4, 0.5) is 4.79 Å². The summed E-state index contributed by atoms with van der Waals surface area (Å²) >= 11 is 0. The van der Waals surface area contributed by atoms with Crippen LogP contribution in [-0.4, -0.2) is 46.6 Å². The molecule has 1 amide bonds. The summed E-state index contributed by atoms with van der Waals surface area (Å²) in [5.41, 5.74) is 2.79. The summed E-state index contributed by atoms with van der Waals surface area (Å²) in [6.07, 6.45) is 1.41. The van der Waals surface area contributed by atoms with E-state index in [1.54, 1.807) is 7.11 Å². The number of rotatable bonds is 9. The molecule has 0 radical (unpaired) electrons. The summed E-state index contributed by atoms with van der Waals surface area (Å²) in [5, 5.41) is 2.91. The molecule has 0 aliphatic heterocycles. The number of ether oxygens (including phenoxy) is 3. The van der Waals surface area contributed by atoms with Gasteiger partial charge in [0.15, 0.2) is 0 Å². The van der Waals surface area contributed by atoms with Crippen LogP contribution in [0, 0.1) is 0 Å². The van der Waals surface area contributed by atoms with Gasteiger partial charge in [-0.3, -0.25) is 14.0 Å². The van der Waals surface area contributed by atoms with Gasteiger partial charge in [0.1, 0.15) is 11.4 Å². The largest absolute Gasteiger partial charge is 0.497 e. The van der Waals surface area contributed by atoms with Crippen LogP contribution in [0.3, 0.4) is 0 Å². The Bertz CT molecular complexity index is 1200. The molecule has 8 heteroatoms. The number of esters is 1. The van der Waals surface area contributed by atoms with Crippen molar-refractivity contribution in [2.75, 3.05) is 13.7 Å². The molecular weight excluding hydrogens is 458 g/mol. The quantitative estimate of drug-likeness (QED) is 0.416. The van der Waals surface area contributed by atoms with E-state index in [4.69, 9.17) is 14.2 Å². The van der Waals surface area contributed by atoms with Gasteiger partial charge in [-0.05, 0) is 64.4 Å². The number of alkyl carbamates (subject to hydrolysis) is 1. The molecule has 3 aromatic rings. The Balaban J connectivity index is 2.03. The average molecular weight is 498 g/mol. The fourth-order valence-electron chi connectivity index (χ4n) is 4.32. The van der Waals surface area contributed by atoms with Crippen LogP contribution >= 0.6 is 0 Å². The van der Waals surface area contributed by atoms with Gasteiger partial charge in [0.2, 0.25) is 0 Å². The summed E-state index contributed by atoms with van der Waals surface area (Å²) in [6, 6.07) is 11.9. The summed E-state index contributed by atoms with van der Waals surface area (Å²) in [7, 11) is 1.64. The topological polar surface area (TPSA) is 83.2 Å². The number of hydrogen-bond acceptors (Lipinski definition) is 5. The molecule has 8 nitrogen and oxygen atoms in total. The zero-order chi connectivity index (χ0) is 26.7. The van der Waals surface area contributed by atoms with E-state index in [0.29, 0.717) is 13.1 Å². The zero-order valence-electron chi connectivity index (χ0n) is 22.7. The Labute approximate surface area is 213 Å². The lowest BCUT2D eigenvalue weighted by atomic mass is 9.82. The lowest BCUT2D eigenvalue weighted by molar-refractivity contribution is -0.146. The molecule has 3 rings (SSSR count). The Hall–Kier alpha value is -3.42. The highest BCUT2D eigenvalue weighted by atomic mass is 16.6. The van der Waals surface area contributed by atoms with Crippen molar-refractivity contribution in [2.45, 2.75) is 78.6 Å². The SMILES string of the molecule is COc1ccc(Cn2c(CC(=O)OC(C)C)c(C(C)(C)CNC(=O)OC(C)(C)C)c3cccn32)cc1. The molecule has 2 heterocycles. The average Bonchev–Trinajstić information content (AvgIpc) is 3.33. The normalized spacial score (nSPS) is 12.1. The number of nitrogens with one attached hydrogen (secondary N) is 1. The van der Waals surface area contributed by atoms with Crippen LogP contribution in [0.25, 0.3) is 5.52 Å². The molecule has 196 valence electrons. The zero-order valence-corrected chi connectivity index (χ0v) is 22.7. The molecule has 2 aromatic heterocycles. The van der Waals surface area contributed by atoms with E-state index in [9.17, 15) is 9.59 Å². The maximum absolute atomic E-state index is 12.9. The van der Waals surface area contributed by atoms with Crippen molar-refractivity contribution >= 4 is 17.6 Å². The fraction of sp³-hybridized carbons (Fsp3) is 0.500. The number of carbonyl (C=O) groups is 2. The lowest BCUT2D eigenvalue weighted by Gasteiger charge is -2.28. The number of amides is 1. The number of fused-ring (bicyclic) bond motifs is 1. The maximum atomic E-state index is 12.9. The van der Waals surface area contributed by atoms with Crippen molar-refractivity contribution in [3.8, 4) is 5.75 Å². The minimum Gasteiger partial charge on any atom is -0.497 e. The number of methoxy groups -OCH3 is 1. The Morgan fingerprint density at radius 3 is 2.28 bits per heavy atom. The lowest BCUT2D eigenvalue weighted by Crippen LogP contribution is -2.40. The molecule has 0 unspecified atom stereocenters. The number of hydrogen-bond donors (Lipinski definition) is 1. The van der Waals surface area contributed by atoms with Crippen LogP contribution in [0.1, 0.15) is 65.3 Å². The standard InChI is InChI=1S/C28H39N3O5/c1-19(2)35-24(32)16-23-25(28(6,7)18-29-26(33)36-27(3,4)5)22-10-9-15-30(22)31(23)17-20-11-13-21(34-8)14-12-20/h9-15,19H,16-18H2,1-8H3,(H,29,33). The summed E-state index contributed by atoms with van der Waals surface area (Å²) in [4.78, 5) is 25.3. The molecule has 1 N–H and O–H groups in total. The molecule has 0 aliphatic rings. The van der Waals surface area contributed by atoms with Gasteiger partial charge in [0.25, 0.3) is 0 Å². The molecule has 0 bridgehead atoms. The molecule has 0 spiro atoms. The van der Waals surface area contributed by atoms with Crippen LogP contribution in [0.15, 0.2) is 42.6 Å². The monoisotopic (exact) mass is 497 g/mol. The van der Waals surface area contributed by atoms with Gasteiger partial charge >= 0.3 is 12.1 Å². The predicted octanol–water partition coefficient (Wildman–Crippen LogP) is 5.09. The second kappa shape index (κ2) is 10.7. The van der Waals surface area contributed by atoms with Crippen LogP contribution < -0.4 is 10.1 Å². The highest BCUT2D eigenvalue weighted by molar-refractivity contribution is 5.75. The Morgan fingerprint density at radius 2 is 1.69 bits per heavy atom. The highest BCUT2D eigenvalue weighted by Crippen LogP contribution is 2.33. The first-order valence-corrected chi connectivity index (χ1v) is 12.3. The van der Waals surface area contributed by atoms with Crippen molar-refractivity contribution < 1.29 is 23.8 Å². The molecular formula is C28H39N3O5. The van der Waals surface area contributed by atoms with E-state index < -0.39 is 17.1 Å². The molecule has 36 heavy (non-hydrogen) atoms. The second-order valence-electron chi connectivity index (χ2n) is 10.9. The third-order valence-corrected chi connectivity index (χ3v) is 5.77. The van der Waals surface area contributed by atoms with E-state index >= 15 is 0 Å². The van der Waals surface area contributed by atoms with Gasteiger partial charge in [0.05, 0.1) is 37.4 Å². The molecule has 1 aromatic carbocycles. The highest BCUT2D eigenvalue weighted by Gasteiger charge is 2.32. The summed E-state index contributed by atoms with van der Waals surface area (Å²) in [5.74, 6) is 0.493. The number of benzene rings is 1. The molecule has 0 fully saturated rings. The summed E-state index contributed by atoms with van der Waals surface area (Å²) < 4.78 is 20.4. The molecule has 0 atom stereocenters. The predicted molar refractivity (Wildman–Crippen MR) is 140 cm³/mol. The van der Waals surface area contributed by atoms with Crippen molar-refractivity contribution in [2.24, 2.45) is 0 Å². The van der Waals surface area contributed by atoms with E-state index in [-0.39, 0.29) is 18.5 Å². The number of carbonyl (C=O) groups excluding carboxylic acids is 2. The number of nitrogens with zero attached hydrogens (tertiary/aromatic N) is 2. The van der Waals surface area contributed by atoms with Crippen molar-refractivity contribution in [1.82, 2.24) is 14.5 Å². The van der Waals surface area contributed by atoms with E-state index in [0.717, 1.165) is 28.1 Å². The van der Waals surface area contributed by atoms with E-state index in [2.05, 4.69) is 28.4 Å². The van der Waals surface area contributed by atoms with Crippen molar-refractivity contribution in [1.29, 1.82) is 0 Å². The third-order valence-electron chi connectivity index (χ3n) is 5.77. The fourth-order valence-corrected chi connectivity index (χ4v) is 4.32. The Kier molecular flexibility index (Phi) is 8.06. The minimum atomic E-state index is -0.587. The van der Waals surface area contributed by atoms with Gasteiger partial charge in [-0.1, -0.05) is 26.0 Å². The maximum Gasteiger partial charge on any atom is 0.407 e. The first-order valence-electron chi connectivity index (χ1n) is 12.3. The molecule has 0 aliphatic carbocycles. The van der Waals surface area contributed by atoms with E-state index in [1.807, 2.05) is 77.2 Å². The third kappa shape index (κ3) is 6.62. The number of aromatic nitrogens is 2.